The molecule has 0 radical (unpaired) electrons. The third kappa shape index (κ3) is 3.42. The first-order valence-electron chi connectivity index (χ1n) is 5.44. The zero-order chi connectivity index (χ0) is 12.3. The van der Waals surface area contributed by atoms with Crippen LogP contribution in [0.15, 0.2) is 0 Å². The third-order valence-corrected chi connectivity index (χ3v) is 2.37. The number of aliphatic hydroxyl groups excluding tert-OH is 1. The lowest BCUT2D eigenvalue weighted by Gasteiger charge is -2.27. The number of likely N-dealkylation sites (tertiary alicyclic amines) is 1. The van der Waals surface area contributed by atoms with Crippen molar-refractivity contribution in [1.82, 2.24) is 4.90 Å². The number of amides is 1. The lowest BCUT2D eigenvalue weighted by atomic mass is 10.1. The number of β-amino-alcohol motifs (C(OH)–C–C–N with tert-alkyl or cyclic N) is 1. The largest absolute Gasteiger partial charge is 0.444 e. The van der Waals surface area contributed by atoms with Gasteiger partial charge in [0, 0.05) is 12.5 Å². The second-order valence-corrected chi connectivity index (χ2v) is 5.08. The molecule has 0 aliphatic carbocycles. The van der Waals surface area contributed by atoms with E-state index in [0.29, 0.717) is 19.4 Å². The van der Waals surface area contributed by atoms with Crippen molar-refractivity contribution in [3.05, 3.63) is 0 Å². The van der Waals surface area contributed by atoms with Crippen LogP contribution >= 0.6 is 0 Å². The van der Waals surface area contributed by atoms with Crippen molar-refractivity contribution < 1.29 is 14.6 Å². The van der Waals surface area contributed by atoms with E-state index >= 15 is 0 Å². The summed E-state index contributed by atoms with van der Waals surface area (Å²) in [5.41, 5.74) is -0.523. The molecule has 1 aliphatic rings. The van der Waals surface area contributed by atoms with E-state index in [1.54, 1.807) is 0 Å². The Kier molecular flexibility index (Phi) is 3.82. The number of rotatable bonds is 1. The molecule has 90 valence electrons. The summed E-state index contributed by atoms with van der Waals surface area (Å²) < 4.78 is 5.25. The number of hydrogen-bond donors (Lipinski definition) is 1. The Balaban J connectivity index is 2.64. The van der Waals surface area contributed by atoms with Crippen molar-refractivity contribution in [3.8, 4) is 12.3 Å². The number of carbonyl (C=O) groups excluding carboxylic acids is 1. The minimum Gasteiger partial charge on any atom is -0.444 e. The lowest BCUT2D eigenvalue weighted by molar-refractivity contribution is 0.0211. The number of aliphatic hydroxyl groups is 1. The van der Waals surface area contributed by atoms with Gasteiger partial charge in [-0.2, -0.15) is 0 Å². The van der Waals surface area contributed by atoms with Crippen molar-refractivity contribution in [2.75, 3.05) is 6.54 Å². The minimum absolute atomic E-state index is 0.102. The molecule has 1 aliphatic heterocycles. The molecule has 4 heteroatoms. The third-order valence-electron chi connectivity index (χ3n) is 2.37. The highest BCUT2D eigenvalue weighted by atomic mass is 16.6. The lowest BCUT2D eigenvalue weighted by Crippen LogP contribution is -2.40. The number of carbonyl (C=O) groups is 1. The fourth-order valence-electron chi connectivity index (χ4n) is 1.77. The SMILES string of the molecule is C#CC[C@@H]1C[C@@H](O)CN1C(=O)OC(C)(C)C. The molecule has 1 amide bonds. The summed E-state index contributed by atoms with van der Waals surface area (Å²) in [6, 6.07) is -0.102. The highest BCUT2D eigenvalue weighted by Gasteiger charge is 2.36. The Morgan fingerprint density at radius 3 is 2.75 bits per heavy atom. The molecule has 1 rings (SSSR count). The summed E-state index contributed by atoms with van der Waals surface area (Å²) in [7, 11) is 0. The van der Waals surface area contributed by atoms with Crippen LogP contribution in [0.4, 0.5) is 4.79 Å². The van der Waals surface area contributed by atoms with Crippen molar-refractivity contribution in [2.45, 2.75) is 51.4 Å². The van der Waals surface area contributed by atoms with Crippen LogP contribution in [-0.4, -0.2) is 40.4 Å². The van der Waals surface area contributed by atoms with E-state index in [9.17, 15) is 9.90 Å². The minimum atomic E-state index is -0.523. The summed E-state index contributed by atoms with van der Waals surface area (Å²) >= 11 is 0. The fourth-order valence-corrected chi connectivity index (χ4v) is 1.77. The molecule has 0 unspecified atom stereocenters. The van der Waals surface area contributed by atoms with Gasteiger partial charge in [0.1, 0.15) is 5.60 Å². The molecule has 0 aromatic rings. The van der Waals surface area contributed by atoms with E-state index in [1.165, 1.54) is 4.90 Å². The average Bonchev–Trinajstić information content (AvgIpc) is 2.44. The first-order chi connectivity index (χ1) is 7.33. The van der Waals surface area contributed by atoms with Gasteiger partial charge in [0.2, 0.25) is 0 Å². The smallest absolute Gasteiger partial charge is 0.410 e. The van der Waals surface area contributed by atoms with Crippen molar-refractivity contribution in [3.63, 3.8) is 0 Å². The normalized spacial score (nSPS) is 25.3. The van der Waals surface area contributed by atoms with E-state index in [0.717, 1.165) is 0 Å². The summed E-state index contributed by atoms with van der Waals surface area (Å²) in [5.74, 6) is 2.52. The van der Waals surface area contributed by atoms with E-state index in [-0.39, 0.29) is 6.04 Å². The predicted molar refractivity (Wildman–Crippen MR) is 60.8 cm³/mol. The van der Waals surface area contributed by atoms with Gasteiger partial charge in [-0.1, -0.05) is 0 Å². The Morgan fingerprint density at radius 1 is 1.62 bits per heavy atom. The molecule has 0 bridgehead atoms. The molecule has 1 saturated heterocycles. The van der Waals surface area contributed by atoms with Crippen LogP contribution in [-0.2, 0) is 4.74 Å². The molecule has 4 nitrogen and oxygen atoms in total. The second-order valence-electron chi connectivity index (χ2n) is 5.08. The zero-order valence-corrected chi connectivity index (χ0v) is 10.1. The van der Waals surface area contributed by atoms with Crippen molar-refractivity contribution >= 4 is 6.09 Å². The van der Waals surface area contributed by atoms with E-state index < -0.39 is 17.8 Å². The molecular formula is C12H19NO3. The van der Waals surface area contributed by atoms with Gasteiger partial charge in [0.15, 0.2) is 0 Å². The van der Waals surface area contributed by atoms with Crippen LogP contribution < -0.4 is 0 Å². The van der Waals surface area contributed by atoms with E-state index in [2.05, 4.69) is 5.92 Å². The van der Waals surface area contributed by atoms with Gasteiger partial charge in [-0.25, -0.2) is 4.79 Å². The number of hydrogen-bond acceptors (Lipinski definition) is 3. The van der Waals surface area contributed by atoms with Crippen LogP contribution in [0.3, 0.4) is 0 Å². The van der Waals surface area contributed by atoms with Gasteiger partial charge in [-0.05, 0) is 27.2 Å². The Morgan fingerprint density at radius 2 is 2.25 bits per heavy atom. The summed E-state index contributed by atoms with van der Waals surface area (Å²) in [6.07, 6.45) is 5.33. The van der Waals surface area contributed by atoms with E-state index in [1.807, 2.05) is 20.8 Å². The number of ether oxygens (including phenoxy) is 1. The number of terminal acetylenes is 1. The maximum Gasteiger partial charge on any atom is 0.410 e. The second kappa shape index (κ2) is 4.75. The molecular weight excluding hydrogens is 206 g/mol. The van der Waals surface area contributed by atoms with Gasteiger partial charge < -0.3 is 14.7 Å². The van der Waals surface area contributed by atoms with Gasteiger partial charge in [0.05, 0.1) is 12.6 Å². The summed E-state index contributed by atoms with van der Waals surface area (Å²) in [5, 5.41) is 9.53. The number of nitrogens with zero attached hydrogens (tertiary/aromatic N) is 1. The molecule has 0 saturated carbocycles. The van der Waals surface area contributed by atoms with Crippen molar-refractivity contribution in [2.24, 2.45) is 0 Å². The quantitative estimate of drug-likeness (QED) is 0.686. The molecule has 1 N–H and O–H groups in total. The maximum atomic E-state index is 11.8. The van der Waals surface area contributed by atoms with Crippen molar-refractivity contribution in [1.29, 1.82) is 0 Å². The zero-order valence-electron chi connectivity index (χ0n) is 10.1. The van der Waals surface area contributed by atoms with Gasteiger partial charge in [-0.3, -0.25) is 0 Å². The molecule has 0 spiro atoms. The average molecular weight is 225 g/mol. The molecule has 16 heavy (non-hydrogen) atoms. The standard InChI is InChI=1S/C12H19NO3/c1-5-6-9-7-10(14)8-13(9)11(15)16-12(2,3)4/h1,9-10,14H,6-8H2,2-4H3/t9-,10-/m1/s1. The molecule has 0 aromatic carbocycles. The van der Waals surface area contributed by atoms with Gasteiger partial charge in [0.25, 0.3) is 0 Å². The predicted octanol–water partition coefficient (Wildman–Crippen LogP) is 1.38. The summed E-state index contributed by atoms with van der Waals surface area (Å²) in [4.78, 5) is 13.3. The van der Waals surface area contributed by atoms with Gasteiger partial charge >= 0.3 is 6.09 Å². The fraction of sp³-hybridized carbons (Fsp3) is 0.750. The highest BCUT2D eigenvalue weighted by Crippen LogP contribution is 2.22. The Bertz CT molecular complexity index is 300. The van der Waals surface area contributed by atoms with Crippen LogP contribution in [0.1, 0.15) is 33.6 Å². The molecule has 1 heterocycles. The van der Waals surface area contributed by atoms with Crippen LogP contribution in [0, 0.1) is 12.3 Å². The van der Waals surface area contributed by atoms with Gasteiger partial charge in [-0.15, -0.1) is 12.3 Å². The topological polar surface area (TPSA) is 49.8 Å². The molecule has 1 fully saturated rings. The van der Waals surface area contributed by atoms with Crippen LogP contribution in [0.2, 0.25) is 0 Å². The maximum absolute atomic E-state index is 11.8. The molecule has 0 aromatic heterocycles. The van der Waals surface area contributed by atoms with Crippen LogP contribution in [0.25, 0.3) is 0 Å². The van der Waals surface area contributed by atoms with E-state index in [4.69, 9.17) is 11.2 Å². The monoisotopic (exact) mass is 225 g/mol. The highest BCUT2D eigenvalue weighted by molar-refractivity contribution is 5.69. The Hall–Kier alpha value is -1.21. The Labute approximate surface area is 96.6 Å². The first kappa shape index (κ1) is 12.9. The first-order valence-corrected chi connectivity index (χ1v) is 5.44. The van der Waals surface area contributed by atoms with Crippen LogP contribution in [0.5, 0.6) is 0 Å². The molecule has 2 atom stereocenters. The summed E-state index contributed by atoms with van der Waals surface area (Å²) in [6.45, 7) is 5.75.